The van der Waals surface area contributed by atoms with Gasteiger partial charge in [-0.2, -0.15) is 0 Å². The molecule has 0 N–H and O–H groups in total. The van der Waals surface area contributed by atoms with Crippen LogP contribution in [-0.2, 0) is 9.47 Å². The van der Waals surface area contributed by atoms with E-state index in [1.807, 2.05) is 30.3 Å². The number of aromatic nitrogens is 1. The minimum atomic E-state index is -0.479. The standard InChI is InChI=1S/C19H17NO4/c1-23-11-12-24-19(22)17-13-20(14-7-3-2-4-8-14)18(21)16-10-6-5-9-15(16)17/h2-10,13H,11-12H2,1H3. The molecule has 5 nitrogen and oxygen atoms in total. The second kappa shape index (κ2) is 7.10. The molecule has 0 unspecified atom stereocenters. The van der Waals surface area contributed by atoms with Gasteiger partial charge in [-0.15, -0.1) is 0 Å². The third-order valence-electron chi connectivity index (χ3n) is 3.70. The molecule has 1 heterocycles. The number of hydrogen-bond donors (Lipinski definition) is 0. The summed E-state index contributed by atoms with van der Waals surface area (Å²) in [5.74, 6) is -0.479. The summed E-state index contributed by atoms with van der Waals surface area (Å²) in [6, 6.07) is 16.2. The number of pyridine rings is 1. The molecular weight excluding hydrogens is 306 g/mol. The number of carbonyl (C=O) groups excluding carboxylic acids is 1. The molecule has 0 radical (unpaired) electrons. The van der Waals surface area contributed by atoms with Crippen LogP contribution in [0.15, 0.2) is 65.6 Å². The van der Waals surface area contributed by atoms with E-state index in [0.29, 0.717) is 28.6 Å². The number of para-hydroxylation sites is 1. The Morgan fingerprint density at radius 2 is 1.62 bits per heavy atom. The van der Waals surface area contributed by atoms with Crippen LogP contribution in [0, 0.1) is 0 Å². The minimum Gasteiger partial charge on any atom is -0.460 e. The number of fused-ring (bicyclic) bond motifs is 1. The molecule has 122 valence electrons. The average molecular weight is 323 g/mol. The first-order chi connectivity index (χ1) is 11.7. The lowest BCUT2D eigenvalue weighted by atomic mass is 10.1. The molecule has 5 heteroatoms. The molecule has 0 aliphatic rings. The van der Waals surface area contributed by atoms with Crippen molar-refractivity contribution in [3.05, 3.63) is 76.7 Å². The Kier molecular flexibility index (Phi) is 4.72. The van der Waals surface area contributed by atoms with Crippen molar-refractivity contribution in [3.63, 3.8) is 0 Å². The largest absolute Gasteiger partial charge is 0.460 e. The summed E-state index contributed by atoms with van der Waals surface area (Å²) in [5.41, 5.74) is 0.870. The zero-order valence-electron chi connectivity index (χ0n) is 13.3. The third-order valence-corrected chi connectivity index (χ3v) is 3.70. The van der Waals surface area contributed by atoms with Crippen molar-refractivity contribution in [3.8, 4) is 5.69 Å². The number of nitrogens with zero attached hydrogens (tertiary/aromatic N) is 1. The quantitative estimate of drug-likeness (QED) is 0.535. The molecule has 3 rings (SSSR count). The molecule has 0 bridgehead atoms. The Labute approximate surface area is 139 Å². The molecule has 3 aromatic rings. The first kappa shape index (κ1) is 16.0. The molecular formula is C19H17NO4. The van der Waals surface area contributed by atoms with Crippen LogP contribution in [0.4, 0.5) is 0 Å². The van der Waals surface area contributed by atoms with Crippen LogP contribution in [0.1, 0.15) is 10.4 Å². The highest BCUT2D eigenvalue weighted by Crippen LogP contribution is 2.18. The summed E-state index contributed by atoms with van der Waals surface area (Å²) in [6.07, 6.45) is 1.54. The molecule has 1 aromatic heterocycles. The van der Waals surface area contributed by atoms with Crippen LogP contribution in [0.25, 0.3) is 16.5 Å². The summed E-state index contributed by atoms with van der Waals surface area (Å²) < 4.78 is 11.6. The fourth-order valence-electron chi connectivity index (χ4n) is 2.53. The summed E-state index contributed by atoms with van der Waals surface area (Å²) in [6.45, 7) is 0.482. The van der Waals surface area contributed by atoms with E-state index in [0.717, 1.165) is 0 Å². The second-order valence-electron chi connectivity index (χ2n) is 5.23. The number of methoxy groups -OCH3 is 1. The Hall–Kier alpha value is -2.92. The first-order valence-corrected chi connectivity index (χ1v) is 7.58. The SMILES string of the molecule is COCCOC(=O)c1cn(-c2ccccc2)c(=O)c2ccccc12. The molecule has 0 saturated carbocycles. The summed E-state index contributed by atoms with van der Waals surface area (Å²) >= 11 is 0. The maximum atomic E-state index is 12.8. The minimum absolute atomic E-state index is 0.161. The summed E-state index contributed by atoms with van der Waals surface area (Å²) in [5, 5.41) is 1.06. The van der Waals surface area contributed by atoms with E-state index in [9.17, 15) is 9.59 Å². The zero-order valence-corrected chi connectivity index (χ0v) is 13.3. The molecule has 0 aliphatic heterocycles. The van der Waals surface area contributed by atoms with E-state index in [4.69, 9.17) is 9.47 Å². The van der Waals surface area contributed by atoms with Gasteiger partial charge in [-0.05, 0) is 18.2 Å². The molecule has 24 heavy (non-hydrogen) atoms. The average Bonchev–Trinajstić information content (AvgIpc) is 2.63. The molecule has 0 atom stereocenters. The monoisotopic (exact) mass is 323 g/mol. The molecule has 0 spiro atoms. The van der Waals surface area contributed by atoms with Crippen molar-refractivity contribution in [1.82, 2.24) is 4.57 Å². The lowest BCUT2D eigenvalue weighted by Gasteiger charge is -2.12. The molecule has 0 amide bonds. The molecule has 2 aromatic carbocycles. The Morgan fingerprint density at radius 1 is 0.958 bits per heavy atom. The van der Waals surface area contributed by atoms with Gasteiger partial charge in [-0.1, -0.05) is 36.4 Å². The first-order valence-electron chi connectivity index (χ1n) is 7.58. The van der Waals surface area contributed by atoms with Crippen LogP contribution in [0.3, 0.4) is 0 Å². The van der Waals surface area contributed by atoms with E-state index in [-0.39, 0.29) is 12.2 Å². The van der Waals surface area contributed by atoms with Gasteiger partial charge < -0.3 is 9.47 Å². The van der Waals surface area contributed by atoms with Crippen LogP contribution in [0.2, 0.25) is 0 Å². The lowest BCUT2D eigenvalue weighted by Crippen LogP contribution is -2.21. The van der Waals surface area contributed by atoms with Crippen molar-refractivity contribution in [2.45, 2.75) is 0 Å². The predicted molar refractivity (Wildman–Crippen MR) is 91.7 cm³/mol. The van der Waals surface area contributed by atoms with Gasteiger partial charge in [-0.25, -0.2) is 4.79 Å². The van der Waals surface area contributed by atoms with Crippen molar-refractivity contribution >= 4 is 16.7 Å². The maximum Gasteiger partial charge on any atom is 0.340 e. The topological polar surface area (TPSA) is 57.5 Å². The molecule has 0 aliphatic carbocycles. The van der Waals surface area contributed by atoms with Crippen molar-refractivity contribution in [1.29, 1.82) is 0 Å². The number of esters is 1. The van der Waals surface area contributed by atoms with Gasteiger partial charge in [0.2, 0.25) is 0 Å². The van der Waals surface area contributed by atoms with E-state index in [2.05, 4.69) is 0 Å². The van der Waals surface area contributed by atoms with E-state index >= 15 is 0 Å². The van der Waals surface area contributed by atoms with Gasteiger partial charge in [0.05, 0.1) is 12.2 Å². The van der Waals surface area contributed by atoms with Crippen LogP contribution in [-0.4, -0.2) is 30.9 Å². The van der Waals surface area contributed by atoms with Gasteiger partial charge >= 0.3 is 5.97 Å². The number of hydrogen-bond acceptors (Lipinski definition) is 4. The van der Waals surface area contributed by atoms with Crippen LogP contribution in [0.5, 0.6) is 0 Å². The van der Waals surface area contributed by atoms with Crippen molar-refractivity contribution in [2.75, 3.05) is 20.3 Å². The van der Waals surface area contributed by atoms with Gasteiger partial charge in [-0.3, -0.25) is 9.36 Å². The molecule has 0 fully saturated rings. The number of ether oxygens (including phenoxy) is 2. The van der Waals surface area contributed by atoms with Gasteiger partial charge in [0.25, 0.3) is 5.56 Å². The lowest BCUT2D eigenvalue weighted by molar-refractivity contribution is 0.0389. The number of benzene rings is 2. The Morgan fingerprint density at radius 3 is 2.33 bits per heavy atom. The third kappa shape index (κ3) is 3.07. The van der Waals surface area contributed by atoms with Crippen molar-refractivity contribution in [2.24, 2.45) is 0 Å². The highest BCUT2D eigenvalue weighted by molar-refractivity contribution is 6.04. The van der Waals surface area contributed by atoms with E-state index in [1.165, 1.54) is 10.8 Å². The predicted octanol–water partition coefficient (Wildman–Crippen LogP) is 2.79. The molecule has 0 saturated heterocycles. The number of rotatable bonds is 5. The van der Waals surface area contributed by atoms with Gasteiger partial charge in [0.1, 0.15) is 6.61 Å². The number of carbonyl (C=O) groups is 1. The maximum absolute atomic E-state index is 12.8. The van der Waals surface area contributed by atoms with Crippen LogP contribution < -0.4 is 5.56 Å². The fraction of sp³-hybridized carbons (Fsp3) is 0.158. The van der Waals surface area contributed by atoms with Crippen molar-refractivity contribution < 1.29 is 14.3 Å². The summed E-state index contributed by atoms with van der Waals surface area (Å²) in [4.78, 5) is 25.2. The highest BCUT2D eigenvalue weighted by Gasteiger charge is 2.16. The second-order valence-corrected chi connectivity index (χ2v) is 5.23. The van der Waals surface area contributed by atoms with Crippen LogP contribution >= 0.6 is 0 Å². The summed E-state index contributed by atoms with van der Waals surface area (Å²) in [7, 11) is 1.54. The van der Waals surface area contributed by atoms with E-state index < -0.39 is 5.97 Å². The fourth-order valence-corrected chi connectivity index (χ4v) is 2.53. The van der Waals surface area contributed by atoms with Gasteiger partial charge in [0.15, 0.2) is 0 Å². The van der Waals surface area contributed by atoms with Gasteiger partial charge in [0, 0.05) is 29.8 Å². The normalized spacial score (nSPS) is 10.7. The Balaban J connectivity index is 2.16. The smallest absolute Gasteiger partial charge is 0.340 e. The van der Waals surface area contributed by atoms with E-state index in [1.54, 1.807) is 31.4 Å². The Bertz CT molecular complexity index is 916. The zero-order chi connectivity index (χ0) is 16.9. The highest BCUT2D eigenvalue weighted by atomic mass is 16.6.